The lowest BCUT2D eigenvalue weighted by molar-refractivity contribution is 0.0409. The maximum atomic E-state index is 10.4. The molecule has 1 saturated carbocycles. The quantitative estimate of drug-likeness (QED) is 0.884. The normalized spacial score (nSPS) is 18.6. The van der Waals surface area contributed by atoms with E-state index >= 15 is 0 Å². The summed E-state index contributed by atoms with van der Waals surface area (Å²) in [6.45, 7) is 1.94. The van der Waals surface area contributed by atoms with Crippen molar-refractivity contribution in [2.45, 2.75) is 51.0 Å². The molecular weight excluding hydrogens is 260 g/mol. The molecule has 1 fully saturated rings. The fraction of sp³-hybridized carbons (Fsp3) is 0.600. The largest absolute Gasteiger partial charge is 0.385 e. The van der Waals surface area contributed by atoms with Gasteiger partial charge in [-0.15, -0.1) is 0 Å². The highest BCUT2D eigenvalue weighted by Gasteiger charge is 2.25. The van der Waals surface area contributed by atoms with Gasteiger partial charge < -0.3 is 5.11 Å². The van der Waals surface area contributed by atoms with Crippen molar-refractivity contribution in [3.8, 4) is 0 Å². The number of benzene rings is 1. The predicted molar refractivity (Wildman–Crippen MR) is 88.0 cm³/mol. The molecule has 1 aromatic carbocycles. The SMILES string of the molecule is C[C@](O)(CCC1CCCC1)c1ccccc1.S.S. The lowest BCUT2D eigenvalue weighted by Gasteiger charge is -2.25. The molecule has 0 saturated heterocycles. The Hall–Kier alpha value is -0.120. The third-order valence-electron chi connectivity index (χ3n) is 3.91. The Morgan fingerprint density at radius 2 is 1.67 bits per heavy atom. The van der Waals surface area contributed by atoms with Crippen LogP contribution in [0.4, 0.5) is 0 Å². The molecule has 1 atom stereocenters. The summed E-state index contributed by atoms with van der Waals surface area (Å²) < 4.78 is 0. The summed E-state index contributed by atoms with van der Waals surface area (Å²) in [7, 11) is 0. The summed E-state index contributed by atoms with van der Waals surface area (Å²) in [6, 6.07) is 10.0. The minimum Gasteiger partial charge on any atom is -0.385 e. The van der Waals surface area contributed by atoms with Gasteiger partial charge in [0.1, 0.15) is 0 Å². The summed E-state index contributed by atoms with van der Waals surface area (Å²) in [5.74, 6) is 0.857. The highest BCUT2D eigenvalue weighted by atomic mass is 32.1. The lowest BCUT2D eigenvalue weighted by Crippen LogP contribution is -2.21. The first kappa shape index (κ1) is 17.9. The molecule has 18 heavy (non-hydrogen) atoms. The smallest absolute Gasteiger partial charge is 0.0868 e. The van der Waals surface area contributed by atoms with E-state index in [-0.39, 0.29) is 27.0 Å². The zero-order chi connectivity index (χ0) is 11.4. The molecule has 0 bridgehead atoms. The minimum absolute atomic E-state index is 0. The van der Waals surface area contributed by atoms with E-state index in [4.69, 9.17) is 0 Å². The van der Waals surface area contributed by atoms with E-state index in [2.05, 4.69) is 0 Å². The van der Waals surface area contributed by atoms with Crippen LogP contribution in [-0.4, -0.2) is 5.11 Å². The average molecular weight is 287 g/mol. The summed E-state index contributed by atoms with van der Waals surface area (Å²) in [5, 5.41) is 10.4. The van der Waals surface area contributed by atoms with Gasteiger partial charge in [-0.05, 0) is 31.2 Å². The summed E-state index contributed by atoms with van der Waals surface area (Å²) in [5.41, 5.74) is 0.400. The third kappa shape index (κ3) is 4.87. The van der Waals surface area contributed by atoms with Crippen LogP contribution in [0, 0.1) is 5.92 Å². The van der Waals surface area contributed by atoms with E-state index in [0.29, 0.717) is 0 Å². The van der Waals surface area contributed by atoms with Gasteiger partial charge in [-0.3, -0.25) is 0 Å². The molecule has 104 valence electrons. The lowest BCUT2D eigenvalue weighted by atomic mass is 9.87. The van der Waals surface area contributed by atoms with Gasteiger partial charge in [0.25, 0.3) is 0 Å². The molecule has 1 aliphatic carbocycles. The molecule has 1 aliphatic rings. The van der Waals surface area contributed by atoms with E-state index < -0.39 is 5.60 Å². The monoisotopic (exact) mass is 286 g/mol. The van der Waals surface area contributed by atoms with E-state index in [9.17, 15) is 5.11 Å². The Morgan fingerprint density at radius 1 is 1.11 bits per heavy atom. The van der Waals surface area contributed by atoms with Gasteiger partial charge in [0.2, 0.25) is 0 Å². The minimum atomic E-state index is -0.649. The van der Waals surface area contributed by atoms with Crippen molar-refractivity contribution in [1.82, 2.24) is 0 Å². The van der Waals surface area contributed by atoms with Crippen LogP contribution in [-0.2, 0) is 5.60 Å². The highest BCUT2D eigenvalue weighted by molar-refractivity contribution is 7.59. The maximum absolute atomic E-state index is 10.4. The van der Waals surface area contributed by atoms with Crippen LogP contribution in [0.15, 0.2) is 30.3 Å². The molecule has 1 N–H and O–H groups in total. The van der Waals surface area contributed by atoms with Crippen LogP contribution < -0.4 is 0 Å². The summed E-state index contributed by atoms with van der Waals surface area (Å²) >= 11 is 0. The molecule has 2 rings (SSSR count). The number of rotatable bonds is 4. The fourth-order valence-corrected chi connectivity index (χ4v) is 2.73. The number of hydrogen-bond acceptors (Lipinski definition) is 1. The second-order valence-electron chi connectivity index (χ2n) is 5.33. The molecule has 3 heteroatoms. The highest BCUT2D eigenvalue weighted by Crippen LogP contribution is 2.33. The van der Waals surface area contributed by atoms with Crippen LogP contribution in [0.5, 0.6) is 0 Å². The first-order chi connectivity index (χ1) is 7.68. The topological polar surface area (TPSA) is 20.2 Å². The van der Waals surface area contributed by atoms with E-state index in [1.165, 1.54) is 32.1 Å². The van der Waals surface area contributed by atoms with Gasteiger partial charge in [-0.25, -0.2) is 0 Å². The van der Waals surface area contributed by atoms with Gasteiger partial charge >= 0.3 is 0 Å². The van der Waals surface area contributed by atoms with Crippen LogP contribution in [0.1, 0.15) is 51.0 Å². The molecule has 1 aromatic rings. The van der Waals surface area contributed by atoms with Gasteiger partial charge in [0.15, 0.2) is 0 Å². The molecule has 0 spiro atoms. The van der Waals surface area contributed by atoms with Crippen LogP contribution >= 0.6 is 27.0 Å². The van der Waals surface area contributed by atoms with Crippen molar-refractivity contribution >= 4 is 27.0 Å². The van der Waals surface area contributed by atoms with Gasteiger partial charge in [0, 0.05) is 0 Å². The van der Waals surface area contributed by atoms with E-state index in [1.54, 1.807) is 0 Å². The zero-order valence-electron chi connectivity index (χ0n) is 11.2. The average Bonchev–Trinajstić information content (AvgIpc) is 2.81. The van der Waals surface area contributed by atoms with Gasteiger partial charge in [0.05, 0.1) is 5.60 Å². The Bertz CT molecular complexity index is 319. The van der Waals surface area contributed by atoms with Crippen molar-refractivity contribution in [1.29, 1.82) is 0 Å². The summed E-state index contributed by atoms with van der Waals surface area (Å²) in [4.78, 5) is 0. The fourth-order valence-electron chi connectivity index (χ4n) is 2.73. The van der Waals surface area contributed by atoms with E-state index in [1.807, 2.05) is 37.3 Å². The van der Waals surface area contributed by atoms with Crippen molar-refractivity contribution in [3.05, 3.63) is 35.9 Å². The Labute approximate surface area is 125 Å². The van der Waals surface area contributed by atoms with Crippen LogP contribution in [0.2, 0.25) is 0 Å². The summed E-state index contributed by atoms with van der Waals surface area (Å²) in [6.07, 6.45) is 7.57. The second kappa shape index (κ2) is 8.13. The first-order valence-corrected chi connectivity index (χ1v) is 6.46. The Kier molecular flexibility index (Phi) is 8.08. The van der Waals surface area contributed by atoms with E-state index in [0.717, 1.165) is 17.9 Å². The molecular formula is C15H26OS2. The van der Waals surface area contributed by atoms with Crippen molar-refractivity contribution in [2.24, 2.45) is 5.92 Å². The molecule has 1 nitrogen and oxygen atoms in total. The second-order valence-corrected chi connectivity index (χ2v) is 5.33. The van der Waals surface area contributed by atoms with Crippen molar-refractivity contribution in [3.63, 3.8) is 0 Å². The number of hydrogen-bond donors (Lipinski definition) is 1. The standard InChI is InChI=1S/C15H22O.2H2S/c1-15(16,14-9-3-2-4-10-14)12-11-13-7-5-6-8-13;;/h2-4,9-10,13,16H,5-8,11-12H2,1H3;2*1H2/t15-;;/m0../s1. The number of aliphatic hydroxyl groups is 1. The van der Waals surface area contributed by atoms with Crippen molar-refractivity contribution < 1.29 is 5.11 Å². The van der Waals surface area contributed by atoms with Gasteiger partial charge in [-0.2, -0.15) is 27.0 Å². The van der Waals surface area contributed by atoms with Crippen molar-refractivity contribution in [2.75, 3.05) is 0 Å². The maximum Gasteiger partial charge on any atom is 0.0868 e. The zero-order valence-corrected chi connectivity index (χ0v) is 13.2. The molecule has 0 aromatic heterocycles. The molecule has 0 unspecified atom stereocenters. The van der Waals surface area contributed by atoms with Crippen LogP contribution in [0.25, 0.3) is 0 Å². The molecule has 0 radical (unpaired) electrons. The molecule has 0 heterocycles. The van der Waals surface area contributed by atoms with Gasteiger partial charge in [-0.1, -0.05) is 56.0 Å². The Balaban J connectivity index is 0.00000144. The first-order valence-electron chi connectivity index (χ1n) is 6.46. The third-order valence-corrected chi connectivity index (χ3v) is 3.91. The Morgan fingerprint density at radius 3 is 2.22 bits per heavy atom. The van der Waals surface area contributed by atoms with Crippen LogP contribution in [0.3, 0.4) is 0 Å². The molecule has 0 aliphatic heterocycles. The molecule has 0 amide bonds. The predicted octanol–water partition coefficient (Wildman–Crippen LogP) is 4.09.